The van der Waals surface area contributed by atoms with Crippen molar-refractivity contribution in [2.75, 3.05) is 17.2 Å². The van der Waals surface area contributed by atoms with Crippen LogP contribution in [-0.2, 0) is 4.79 Å². The average Bonchev–Trinajstić information content (AvgIpc) is 2.70. The molecule has 27 heavy (non-hydrogen) atoms. The van der Waals surface area contributed by atoms with Crippen molar-refractivity contribution in [2.45, 2.75) is 0 Å². The largest absolute Gasteiger partial charge is 0.484 e. The molecule has 2 amide bonds. The fraction of sp³-hybridized carbons (Fsp3) is 0.0476. The third-order valence-corrected chi connectivity index (χ3v) is 4.00. The fourth-order valence-electron chi connectivity index (χ4n) is 2.33. The Hall–Kier alpha value is -3.31. The molecule has 0 saturated heterocycles. The second kappa shape index (κ2) is 8.87. The molecule has 3 aromatic carbocycles. The number of carbonyl (C=O) groups excluding carboxylic acids is 2. The molecule has 0 bridgehead atoms. The van der Waals surface area contributed by atoms with Gasteiger partial charge in [0.15, 0.2) is 6.61 Å². The molecule has 2 N–H and O–H groups in total. The Kier molecular flexibility index (Phi) is 6.07. The molecule has 6 heteroatoms. The SMILES string of the molecule is O=C(COc1ccc(NC(=O)c2ccccc2)cc1)Nc1ccccc1Cl. The molecular weight excluding hydrogens is 364 g/mol. The third kappa shape index (κ3) is 5.33. The first kappa shape index (κ1) is 18.5. The van der Waals surface area contributed by atoms with Gasteiger partial charge in [0, 0.05) is 11.3 Å². The van der Waals surface area contributed by atoms with E-state index in [9.17, 15) is 9.59 Å². The van der Waals surface area contributed by atoms with Crippen LogP contribution in [0.3, 0.4) is 0 Å². The summed E-state index contributed by atoms with van der Waals surface area (Å²) in [5, 5.41) is 5.95. The van der Waals surface area contributed by atoms with E-state index in [1.165, 1.54) is 0 Å². The van der Waals surface area contributed by atoms with Crippen molar-refractivity contribution in [3.05, 3.63) is 89.4 Å². The molecule has 0 radical (unpaired) electrons. The predicted molar refractivity (Wildman–Crippen MR) is 106 cm³/mol. The van der Waals surface area contributed by atoms with Crippen molar-refractivity contribution in [1.82, 2.24) is 0 Å². The van der Waals surface area contributed by atoms with E-state index in [0.29, 0.717) is 27.7 Å². The molecule has 0 saturated carbocycles. The first-order valence-electron chi connectivity index (χ1n) is 8.25. The number of hydrogen-bond donors (Lipinski definition) is 2. The van der Waals surface area contributed by atoms with E-state index in [-0.39, 0.29) is 18.4 Å². The highest BCUT2D eigenvalue weighted by atomic mass is 35.5. The zero-order valence-corrected chi connectivity index (χ0v) is 15.1. The summed E-state index contributed by atoms with van der Waals surface area (Å²) in [5.74, 6) is 0.00922. The lowest BCUT2D eigenvalue weighted by Gasteiger charge is -2.10. The number of nitrogens with one attached hydrogen (secondary N) is 2. The van der Waals surface area contributed by atoms with Gasteiger partial charge in [-0.15, -0.1) is 0 Å². The molecule has 136 valence electrons. The van der Waals surface area contributed by atoms with Gasteiger partial charge in [-0.3, -0.25) is 9.59 Å². The van der Waals surface area contributed by atoms with Gasteiger partial charge >= 0.3 is 0 Å². The molecule has 0 spiro atoms. The molecule has 0 unspecified atom stereocenters. The molecule has 3 rings (SSSR count). The molecular formula is C21H17ClN2O3. The minimum atomic E-state index is -0.315. The number of amides is 2. The highest BCUT2D eigenvalue weighted by molar-refractivity contribution is 6.33. The van der Waals surface area contributed by atoms with Crippen molar-refractivity contribution in [3.63, 3.8) is 0 Å². The van der Waals surface area contributed by atoms with Crippen LogP contribution in [0.25, 0.3) is 0 Å². The second-order valence-electron chi connectivity index (χ2n) is 5.66. The Balaban J connectivity index is 1.51. The molecule has 0 aliphatic carbocycles. The number of hydrogen-bond acceptors (Lipinski definition) is 3. The Labute approximate surface area is 161 Å². The van der Waals surface area contributed by atoms with Crippen molar-refractivity contribution in [1.29, 1.82) is 0 Å². The summed E-state index contributed by atoms with van der Waals surface area (Å²) in [6, 6.07) is 22.7. The quantitative estimate of drug-likeness (QED) is 0.656. The Morgan fingerprint density at radius 1 is 0.815 bits per heavy atom. The zero-order chi connectivity index (χ0) is 19.1. The smallest absolute Gasteiger partial charge is 0.262 e. The number of benzene rings is 3. The van der Waals surface area contributed by atoms with Crippen LogP contribution in [0.15, 0.2) is 78.9 Å². The van der Waals surface area contributed by atoms with E-state index in [4.69, 9.17) is 16.3 Å². The van der Waals surface area contributed by atoms with Gasteiger partial charge in [-0.1, -0.05) is 41.9 Å². The van der Waals surface area contributed by atoms with Crippen molar-refractivity contribution < 1.29 is 14.3 Å². The van der Waals surface area contributed by atoms with Gasteiger partial charge in [-0.25, -0.2) is 0 Å². The summed E-state index contributed by atoms with van der Waals surface area (Å²) in [6.45, 7) is -0.152. The van der Waals surface area contributed by atoms with Crippen LogP contribution in [0.4, 0.5) is 11.4 Å². The maximum Gasteiger partial charge on any atom is 0.262 e. The number of ether oxygens (including phenoxy) is 1. The average molecular weight is 381 g/mol. The highest BCUT2D eigenvalue weighted by Crippen LogP contribution is 2.20. The Morgan fingerprint density at radius 2 is 1.48 bits per heavy atom. The van der Waals surface area contributed by atoms with Gasteiger partial charge in [-0.05, 0) is 48.5 Å². The fourth-order valence-corrected chi connectivity index (χ4v) is 2.51. The van der Waals surface area contributed by atoms with Gasteiger partial charge < -0.3 is 15.4 Å². The summed E-state index contributed by atoms with van der Waals surface area (Å²) < 4.78 is 5.46. The summed E-state index contributed by atoms with van der Waals surface area (Å²) in [6.07, 6.45) is 0. The minimum Gasteiger partial charge on any atom is -0.484 e. The predicted octanol–water partition coefficient (Wildman–Crippen LogP) is 4.61. The van der Waals surface area contributed by atoms with Crippen molar-refractivity contribution in [2.24, 2.45) is 0 Å². The van der Waals surface area contributed by atoms with Crippen LogP contribution in [0.1, 0.15) is 10.4 Å². The lowest BCUT2D eigenvalue weighted by Crippen LogP contribution is -2.20. The Bertz CT molecular complexity index is 928. The Morgan fingerprint density at radius 3 is 2.19 bits per heavy atom. The highest BCUT2D eigenvalue weighted by Gasteiger charge is 2.07. The van der Waals surface area contributed by atoms with Crippen molar-refractivity contribution >= 4 is 34.8 Å². The number of para-hydroxylation sites is 1. The van der Waals surface area contributed by atoms with Gasteiger partial charge in [0.25, 0.3) is 11.8 Å². The number of anilines is 2. The maximum atomic E-state index is 12.1. The van der Waals surface area contributed by atoms with Crippen molar-refractivity contribution in [3.8, 4) is 5.75 Å². The van der Waals surface area contributed by atoms with Crippen LogP contribution >= 0.6 is 11.6 Å². The van der Waals surface area contributed by atoms with Crippen LogP contribution in [0, 0.1) is 0 Å². The lowest BCUT2D eigenvalue weighted by molar-refractivity contribution is -0.118. The van der Waals surface area contributed by atoms with Crippen LogP contribution in [0.5, 0.6) is 5.75 Å². The van der Waals surface area contributed by atoms with E-state index >= 15 is 0 Å². The first-order valence-corrected chi connectivity index (χ1v) is 8.63. The van der Waals surface area contributed by atoms with E-state index in [0.717, 1.165) is 0 Å². The molecule has 0 aromatic heterocycles. The lowest BCUT2D eigenvalue weighted by atomic mass is 10.2. The van der Waals surface area contributed by atoms with Crippen LogP contribution in [-0.4, -0.2) is 18.4 Å². The maximum absolute atomic E-state index is 12.1. The van der Waals surface area contributed by atoms with E-state index < -0.39 is 0 Å². The number of carbonyl (C=O) groups is 2. The van der Waals surface area contributed by atoms with Crippen LogP contribution in [0.2, 0.25) is 5.02 Å². The zero-order valence-electron chi connectivity index (χ0n) is 14.3. The third-order valence-electron chi connectivity index (χ3n) is 3.67. The summed E-state index contributed by atoms with van der Waals surface area (Å²) in [4.78, 5) is 24.1. The van der Waals surface area contributed by atoms with Gasteiger partial charge in [-0.2, -0.15) is 0 Å². The van der Waals surface area contributed by atoms with Crippen LogP contribution < -0.4 is 15.4 Å². The molecule has 3 aromatic rings. The second-order valence-corrected chi connectivity index (χ2v) is 6.07. The molecule has 0 aliphatic rings. The minimum absolute atomic E-state index is 0.152. The molecule has 0 heterocycles. The van der Waals surface area contributed by atoms with Gasteiger partial charge in [0.2, 0.25) is 0 Å². The standard InChI is InChI=1S/C21H17ClN2O3/c22-18-8-4-5-9-19(18)24-20(25)14-27-17-12-10-16(11-13-17)23-21(26)15-6-2-1-3-7-15/h1-13H,14H2,(H,23,26)(H,24,25). The molecule has 0 atom stereocenters. The summed E-state index contributed by atoms with van der Waals surface area (Å²) >= 11 is 6.00. The monoisotopic (exact) mass is 380 g/mol. The topological polar surface area (TPSA) is 67.4 Å². The number of rotatable bonds is 6. The van der Waals surface area contributed by atoms with E-state index in [1.807, 2.05) is 6.07 Å². The molecule has 0 fully saturated rings. The van der Waals surface area contributed by atoms with Gasteiger partial charge in [0.05, 0.1) is 10.7 Å². The molecule has 5 nitrogen and oxygen atoms in total. The van der Waals surface area contributed by atoms with Gasteiger partial charge in [0.1, 0.15) is 5.75 Å². The normalized spacial score (nSPS) is 10.1. The molecule has 0 aliphatic heterocycles. The summed E-state index contributed by atoms with van der Waals surface area (Å²) in [5.41, 5.74) is 1.75. The van der Waals surface area contributed by atoms with E-state index in [1.54, 1.807) is 72.8 Å². The van der Waals surface area contributed by atoms with E-state index in [2.05, 4.69) is 10.6 Å². The first-order chi connectivity index (χ1) is 13.1. The summed E-state index contributed by atoms with van der Waals surface area (Å²) in [7, 11) is 0. The number of halogens is 1.